The molecule has 6 heteroatoms. The van der Waals surface area contributed by atoms with Gasteiger partial charge in [-0.2, -0.15) is 0 Å². The van der Waals surface area contributed by atoms with Gasteiger partial charge in [0.15, 0.2) is 11.5 Å². The summed E-state index contributed by atoms with van der Waals surface area (Å²) in [5.74, 6) is 0.669. The first-order chi connectivity index (χ1) is 9.96. The van der Waals surface area contributed by atoms with Gasteiger partial charge >= 0.3 is 0 Å². The molecule has 0 bridgehead atoms. The molecule has 21 heavy (non-hydrogen) atoms. The Balaban J connectivity index is 3.13. The molecule has 0 spiro atoms. The molecule has 0 heterocycles. The summed E-state index contributed by atoms with van der Waals surface area (Å²) in [6, 6.07) is 3.21. The van der Waals surface area contributed by atoms with E-state index in [1.807, 2.05) is 13.8 Å². The van der Waals surface area contributed by atoms with Crippen LogP contribution in [0.3, 0.4) is 0 Å². The first-order valence-corrected chi connectivity index (χ1v) is 7.17. The van der Waals surface area contributed by atoms with E-state index in [1.54, 1.807) is 17.0 Å². The lowest BCUT2D eigenvalue weighted by Crippen LogP contribution is -2.38. The quantitative estimate of drug-likeness (QED) is 0.840. The maximum Gasteiger partial charge on any atom is 0.254 e. The van der Waals surface area contributed by atoms with Crippen LogP contribution in [-0.4, -0.2) is 49.3 Å². The van der Waals surface area contributed by atoms with Gasteiger partial charge in [0.2, 0.25) is 0 Å². The predicted molar refractivity (Wildman–Crippen MR) is 82.4 cm³/mol. The van der Waals surface area contributed by atoms with Gasteiger partial charge in [0.1, 0.15) is 0 Å². The van der Waals surface area contributed by atoms with Crippen molar-refractivity contribution < 1.29 is 19.4 Å². The third-order valence-corrected chi connectivity index (χ3v) is 3.40. The number of aliphatic hydroxyl groups is 1. The van der Waals surface area contributed by atoms with E-state index in [0.717, 1.165) is 0 Å². The number of halogens is 1. The molecule has 0 aliphatic carbocycles. The zero-order chi connectivity index (χ0) is 16.0. The normalized spacial score (nSPS) is 10.6. The summed E-state index contributed by atoms with van der Waals surface area (Å²) in [5.41, 5.74) is 0.435. The molecule has 1 aromatic rings. The molecule has 1 N–H and O–H groups in total. The standard InChI is InChI=1S/C15H22ClNO4/c1-10(2)17(6-5-7-18)15(19)11-8-12(16)14(21-4)13(9-11)20-3/h8-10,18H,5-7H2,1-4H3. The number of carbonyl (C=O) groups is 1. The van der Waals surface area contributed by atoms with Crippen LogP contribution in [0.15, 0.2) is 12.1 Å². The molecule has 0 fully saturated rings. The predicted octanol–water partition coefficient (Wildman–Crippen LogP) is 2.59. The molecular weight excluding hydrogens is 294 g/mol. The van der Waals surface area contributed by atoms with Crippen molar-refractivity contribution in [2.45, 2.75) is 26.3 Å². The fourth-order valence-electron chi connectivity index (χ4n) is 2.04. The van der Waals surface area contributed by atoms with Crippen molar-refractivity contribution >= 4 is 17.5 Å². The molecule has 0 saturated heterocycles. The Hall–Kier alpha value is -1.46. The number of aliphatic hydroxyl groups excluding tert-OH is 1. The lowest BCUT2D eigenvalue weighted by atomic mass is 10.1. The monoisotopic (exact) mass is 315 g/mol. The Morgan fingerprint density at radius 2 is 2.00 bits per heavy atom. The zero-order valence-electron chi connectivity index (χ0n) is 12.9. The second-order valence-electron chi connectivity index (χ2n) is 4.86. The molecular formula is C15H22ClNO4. The average Bonchev–Trinajstić information content (AvgIpc) is 2.46. The number of amides is 1. The number of ether oxygens (including phenoxy) is 2. The van der Waals surface area contributed by atoms with Crippen LogP contribution in [0.5, 0.6) is 11.5 Å². The third kappa shape index (κ3) is 4.25. The van der Waals surface area contributed by atoms with Crippen molar-refractivity contribution in [2.24, 2.45) is 0 Å². The molecule has 0 saturated carbocycles. The Morgan fingerprint density at radius 1 is 1.33 bits per heavy atom. The Labute approximate surface area is 130 Å². The number of hydrogen-bond acceptors (Lipinski definition) is 4. The summed E-state index contributed by atoms with van der Waals surface area (Å²) in [6.45, 7) is 4.39. The summed E-state index contributed by atoms with van der Waals surface area (Å²) < 4.78 is 10.4. The number of benzene rings is 1. The van der Waals surface area contributed by atoms with E-state index in [-0.39, 0.29) is 18.6 Å². The molecule has 0 unspecified atom stereocenters. The van der Waals surface area contributed by atoms with Crippen LogP contribution < -0.4 is 9.47 Å². The summed E-state index contributed by atoms with van der Waals surface area (Å²) in [7, 11) is 2.99. The number of carbonyl (C=O) groups excluding carboxylic acids is 1. The smallest absolute Gasteiger partial charge is 0.254 e. The lowest BCUT2D eigenvalue weighted by molar-refractivity contribution is 0.0692. The molecule has 0 aliphatic heterocycles. The van der Waals surface area contributed by atoms with E-state index in [0.29, 0.717) is 35.1 Å². The van der Waals surface area contributed by atoms with Gasteiger partial charge in [-0.05, 0) is 32.4 Å². The Kier molecular flexibility index (Phi) is 6.78. The molecule has 5 nitrogen and oxygen atoms in total. The van der Waals surface area contributed by atoms with Crippen molar-refractivity contribution in [3.63, 3.8) is 0 Å². The molecule has 0 aromatic heterocycles. The molecule has 1 amide bonds. The molecule has 0 atom stereocenters. The molecule has 0 aliphatic rings. The van der Waals surface area contributed by atoms with Crippen LogP contribution in [0.4, 0.5) is 0 Å². The maximum absolute atomic E-state index is 12.6. The molecule has 1 aromatic carbocycles. The SMILES string of the molecule is COc1cc(C(=O)N(CCCO)C(C)C)cc(Cl)c1OC. The lowest BCUT2D eigenvalue weighted by Gasteiger charge is -2.27. The minimum Gasteiger partial charge on any atom is -0.493 e. The topological polar surface area (TPSA) is 59.0 Å². The van der Waals surface area contributed by atoms with Gasteiger partial charge in [-0.3, -0.25) is 4.79 Å². The number of nitrogens with zero attached hydrogens (tertiary/aromatic N) is 1. The van der Waals surface area contributed by atoms with Crippen LogP contribution in [0, 0.1) is 0 Å². The third-order valence-electron chi connectivity index (χ3n) is 3.12. The van der Waals surface area contributed by atoms with Gasteiger partial charge in [-0.25, -0.2) is 0 Å². The van der Waals surface area contributed by atoms with Crippen molar-refractivity contribution in [1.29, 1.82) is 0 Å². The van der Waals surface area contributed by atoms with Gasteiger partial charge in [-0.15, -0.1) is 0 Å². The molecule has 1 rings (SSSR count). The van der Waals surface area contributed by atoms with Crippen molar-refractivity contribution in [3.05, 3.63) is 22.7 Å². The van der Waals surface area contributed by atoms with Crippen LogP contribution >= 0.6 is 11.6 Å². The van der Waals surface area contributed by atoms with E-state index in [1.165, 1.54) is 14.2 Å². The summed E-state index contributed by atoms with van der Waals surface area (Å²) in [6.07, 6.45) is 0.533. The van der Waals surface area contributed by atoms with Crippen LogP contribution in [0.1, 0.15) is 30.6 Å². The number of methoxy groups -OCH3 is 2. The Bertz CT molecular complexity index is 491. The second-order valence-corrected chi connectivity index (χ2v) is 5.27. The van der Waals surface area contributed by atoms with Crippen LogP contribution in [0.2, 0.25) is 5.02 Å². The van der Waals surface area contributed by atoms with Gasteiger partial charge in [0.25, 0.3) is 5.91 Å². The highest BCUT2D eigenvalue weighted by atomic mass is 35.5. The molecule has 118 valence electrons. The van der Waals surface area contributed by atoms with E-state index in [9.17, 15) is 4.79 Å². The minimum absolute atomic E-state index is 0.0240. The van der Waals surface area contributed by atoms with Gasteiger partial charge < -0.3 is 19.5 Å². The summed E-state index contributed by atoms with van der Waals surface area (Å²) in [5, 5.41) is 9.27. The van der Waals surface area contributed by atoms with E-state index < -0.39 is 0 Å². The van der Waals surface area contributed by atoms with Crippen LogP contribution in [0.25, 0.3) is 0 Å². The highest BCUT2D eigenvalue weighted by Crippen LogP contribution is 2.36. The maximum atomic E-state index is 12.6. The highest BCUT2D eigenvalue weighted by Gasteiger charge is 2.21. The Morgan fingerprint density at radius 3 is 2.48 bits per heavy atom. The van der Waals surface area contributed by atoms with E-state index in [4.69, 9.17) is 26.2 Å². The van der Waals surface area contributed by atoms with Crippen molar-refractivity contribution in [1.82, 2.24) is 4.90 Å². The first-order valence-electron chi connectivity index (χ1n) is 6.79. The van der Waals surface area contributed by atoms with Gasteiger partial charge in [0.05, 0.1) is 19.2 Å². The molecule has 0 radical (unpaired) electrons. The summed E-state index contributed by atoms with van der Waals surface area (Å²) in [4.78, 5) is 14.3. The van der Waals surface area contributed by atoms with E-state index >= 15 is 0 Å². The van der Waals surface area contributed by atoms with Crippen molar-refractivity contribution in [3.8, 4) is 11.5 Å². The highest BCUT2D eigenvalue weighted by molar-refractivity contribution is 6.32. The van der Waals surface area contributed by atoms with Gasteiger partial charge in [-0.1, -0.05) is 11.6 Å². The van der Waals surface area contributed by atoms with Crippen molar-refractivity contribution in [2.75, 3.05) is 27.4 Å². The fourth-order valence-corrected chi connectivity index (χ4v) is 2.33. The summed E-state index contributed by atoms with van der Waals surface area (Å²) >= 11 is 6.13. The zero-order valence-corrected chi connectivity index (χ0v) is 13.6. The average molecular weight is 316 g/mol. The van der Waals surface area contributed by atoms with Crippen LogP contribution in [-0.2, 0) is 0 Å². The second kappa shape index (κ2) is 8.10. The number of rotatable bonds is 7. The van der Waals surface area contributed by atoms with Gasteiger partial charge in [0, 0.05) is 24.8 Å². The first kappa shape index (κ1) is 17.6. The minimum atomic E-state index is -0.152. The largest absolute Gasteiger partial charge is 0.493 e. The fraction of sp³-hybridized carbons (Fsp3) is 0.533. The van der Waals surface area contributed by atoms with E-state index in [2.05, 4.69) is 0 Å². The number of hydrogen-bond donors (Lipinski definition) is 1.